The van der Waals surface area contributed by atoms with Crippen molar-refractivity contribution in [2.24, 2.45) is 0 Å². The molecule has 2 aromatic carbocycles. The molecule has 0 saturated carbocycles. The summed E-state index contributed by atoms with van der Waals surface area (Å²) in [6.07, 6.45) is 0. The van der Waals surface area contributed by atoms with Crippen molar-refractivity contribution in [3.8, 4) is 11.5 Å². The van der Waals surface area contributed by atoms with Gasteiger partial charge in [-0.25, -0.2) is 0 Å². The van der Waals surface area contributed by atoms with Crippen LogP contribution in [0, 0.1) is 6.92 Å². The molecule has 0 aliphatic rings. The third-order valence-electron chi connectivity index (χ3n) is 2.44. The maximum atomic E-state index is 5.83. The Kier molecular flexibility index (Phi) is 4.24. The van der Waals surface area contributed by atoms with Crippen LogP contribution in [-0.4, -0.2) is 0 Å². The summed E-state index contributed by atoms with van der Waals surface area (Å²) in [6.45, 7) is 2.06. The lowest BCUT2D eigenvalue weighted by Gasteiger charge is -2.09. The highest BCUT2D eigenvalue weighted by Crippen LogP contribution is 2.27. The van der Waals surface area contributed by atoms with Gasteiger partial charge in [0.1, 0.15) is 11.5 Å². The molecule has 0 spiro atoms. The summed E-state index contributed by atoms with van der Waals surface area (Å²) in [7, 11) is 0. The predicted molar refractivity (Wildman–Crippen MR) is 78.0 cm³/mol. The molecule has 0 fully saturated rings. The summed E-state index contributed by atoms with van der Waals surface area (Å²) in [6, 6.07) is 14.0. The van der Waals surface area contributed by atoms with E-state index in [1.54, 1.807) is 0 Å². The molecule has 17 heavy (non-hydrogen) atoms. The van der Waals surface area contributed by atoms with Crippen LogP contribution in [0.1, 0.15) is 11.1 Å². The van der Waals surface area contributed by atoms with Crippen molar-refractivity contribution in [2.75, 3.05) is 0 Å². The molecule has 0 atom stereocenters. The van der Waals surface area contributed by atoms with E-state index in [2.05, 4.69) is 50.9 Å². The van der Waals surface area contributed by atoms with Crippen LogP contribution in [0.2, 0.25) is 0 Å². The van der Waals surface area contributed by atoms with Crippen LogP contribution >= 0.6 is 31.9 Å². The summed E-state index contributed by atoms with van der Waals surface area (Å²) in [5.74, 6) is 1.75. The van der Waals surface area contributed by atoms with Crippen LogP contribution in [0.5, 0.6) is 11.5 Å². The molecule has 0 bridgehead atoms. The molecule has 1 nitrogen and oxygen atoms in total. The number of ether oxygens (including phenoxy) is 1. The predicted octanol–water partition coefficient (Wildman–Crippen LogP) is 5.44. The molecule has 0 unspecified atom stereocenters. The Hall–Kier alpha value is -0.800. The van der Waals surface area contributed by atoms with E-state index in [1.165, 1.54) is 5.56 Å². The van der Waals surface area contributed by atoms with Crippen LogP contribution in [0.3, 0.4) is 0 Å². The van der Waals surface area contributed by atoms with Gasteiger partial charge >= 0.3 is 0 Å². The van der Waals surface area contributed by atoms with Crippen molar-refractivity contribution in [3.05, 3.63) is 58.1 Å². The summed E-state index contributed by atoms with van der Waals surface area (Å²) < 4.78 is 6.88. The first-order chi connectivity index (χ1) is 8.19. The van der Waals surface area contributed by atoms with E-state index >= 15 is 0 Å². The van der Waals surface area contributed by atoms with Gasteiger partial charge in [0, 0.05) is 9.80 Å². The van der Waals surface area contributed by atoms with E-state index < -0.39 is 0 Å². The van der Waals surface area contributed by atoms with Gasteiger partial charge in [-0.1, -0.05) is 44.0 Å². The fraction of sp³-hybridized carbons (Fsp3) is 0.143. The third kappa shape index (κ3) is 3.33. The Morgan fingerprint density at radius 2 is 1.76 bits per heavy atom. The van der Waals surface area contributed by atoms with Gasteiger partial charge < -0.3 is 4.74 Å². The number of hydrogen-bond donors (Lipinski definition) is 0. The molecular weight excluding hydrogens is 344 g/mol. The van der Waals surface area contributed by atoms with Crippen LogP contribution in [-0.2, 0) is 5.33 Å². The average molecular weight is 356 g/mol. The lowest BCUT2D eigenvalue weighted by atomic mass is 10.1. The zero-order valence-corrected chi connectivity index (χ0v) is 12.6. The Bertz CT molecular complexity index is 506. The third-order valence-corrected chi connectivity index (χ3v) is 3.61. The van der Waals surface area contributed by atoms with Crippen molar-refractivity contribution < 1.29 is 4.74 Å². The standard InChI is InChI=1S/C14H12Br2O/c1-10-8-11(9-15)2-7-14(10)17-13-5-3-12(16)4-6-13/h2-8H,9H2,1H3. The summed E-state index contributed by atoms with van der Waals surface area (Å²) >= 11 is 6.85. The van der Waals surface area contributed by atoms with Crippen LogP contribution in [0.25, 0.3) is 0 Å². The highest BCUT2D eigenvalue weighted by Gasteiger charge is 2.02. The molecule has 0 radical (unpaired) electrons. The van der Waals surface area contributed by atoms with Crippen molar-refractivity contribution in [3.63, 3.8) is 0 Å². The maximum absolute atomic E-state index is 5.83. The second-order valence-corrected chi connectivity index (χ2v) is 5.27. The van der Waals surface area contributed by atoms with Crippen LogP contribution < -0.4 is 4.74 Å². The van der Waals surface area contributed by atoms with Gasteiger partial charge in [0.25, 0.3) is 0 Å². The molecule has 0 heterocycles. The van der Waals surface area contributed by atoms with Gasteiger partial charge in [-0.2, -0.15) is 0 Å². The van der Waals surface area contributed by atoms with E-state index in [9.17, 15) is 0 Å². The smallest absolute Gasteiger partial charge is 0.130 e. The Morgan fingerprint density at radius 1 is 1.06 bits per heavy atom. The first-order valence-electron chi connectivity index (χ1n) is 5.28. The molecule has 0 aliphatic heterocycles. The molecule has 0 N–H and O–H groups in total. The van der Waals surface area contributed by atoms with Crippen LogP contribution in [0.4, 0.5) is 0 Å². The minimum absolute atomic E-state index is 0.850. The van der Waals surface area contributed by atoms with E-state index in [4.69, 9.17) is 4.74 Å². The number of halogens is 2. The fourth-order valence-electron chi connectivity index (χ4n) is 1.54. The van der Waals surface area contributed by atoms with Gasteiger partial charge in [0.15, 0.2) is 0 Å². The zero-order valence-electron chi connectivity index (χ0n) is 9.41. The molecule has 88 valence electrons. The maximum Gasteiger partial charge on any atom is 0.130 e. The van der Waals surface area contributed by atoms with Gasteiger partial charge in [-0.05, 0) is 48.4 Å². The lowest BCUT2D eigenvalue weighted by Crippen LogP contribution is -1.89. The first kappa shape index (κ1) is 12.7. The average Bonchev–Trinajstić information content (AvgIpc) is 2.34. The summed E-state index contributed by atoms with van der Waals surface area (Å²) in [5, 5.41) is 0.867. The number of hydrogen-bond acceptors (Lipinski definition) is 1. The molecular formula is C14H12Br2O. The first-order valence-corrected chi connectivity index (χ1v) is 7.19. The summed E-state index contributed by atoms with van der Waals surface area (Å²) in [5.41, 5.74) is 2.40. The van der Waals surface area contributed by atoms with Gasteiger partial charge in [0.05, 0.1) is 0 Å². The molecule has 0 saturated heterocycles. The van der Waals surface area contributed by atoms with Crippen molar-refractivity contribution in [1.82, 2.24) is 0 Å². The molecule has 0 amide bonds. The Morgan fingerprint density at radius 3 is 2.35 bits per heavy atom. The lowest BCUT2D eigenvalue weighted by molar-refractivity contribution is 0.478. The quantitative estimate of drug-likeness (QED) is 0.665. The number of aryl methyl sites for hydroxylation is 1. The second-order valence-electron chi connectivity index (χ2n) is 3.79. The van der Waals surface area contributed by atoms with E-state index in [1.807, 2.05) is 30.3 Å². The van der Waals surface area contributed by atoms with Crippen molar-refractivity contribution >= 4 is 31.9 Å². The molecule has 2 rings (SSSR count). The van der Waals surface area contributed by atoms with Gasteiger partial charge in [-0.3, -0.25) is 0 Å². The van der Waals surface area contributed by atoms with Crippen molar-refractivity contribution in [2.45, 2.75) is 12.3 Å². The van der Waals surface area contributed by atoms with Crippen LogP contribution in [0.15, 0.2) is 46.9 Å². The molecule has 2 aromatic rings. The summed E-state index contributed by atoms with van der Waals surface area (Å²) in [4.78, 5) is 0. The highest BCUT2D eigenvalue weighted by molar-refractivity contribution is 9.10. The number of rotatable bonds is 3. The second kappa shape index (κ2) is 5.69. The van der Waals surface area contributed by atoms with E-state index in [0.717, 1.165) is 26.9 Å². The van der Waals surface area contributed by atoms with Crippen molar-refractivity contribution in [1.29, 1.82) is 0 Å². The zero-order chi connectivity index (χ0) is 12.3. The monoisotopic (exact) mass is 354 g/mol. The Balaban J connectivity index is 2.21. The normalized spacial score (nSPS) is 10.3. The minimum atomic E-state index is 0.850. The minimum Gasteiger partial charge on any atom is -0.457 e. The van der Waals surface area contributed by atoms with E-state index in [0.29, 0.717) is 0 Å². The number of alkyl halides is 1. The van der Waals surface area contributed by atoms with Gasteiger partial charge in [-0.15, -0.1) is 0 Å². The fourth-order valence-corrected chi connectivity index (χ4v) is 2.15. The molecule has 0 aliphatic carbocycles. The van der Waals surface area contributed by atoms with Gasteiger partial charge in [0.2, 0.25) is 0 Å². The topological polar surface area (TPSA) is 9.23 Å². The molecule has 3 heteroatoms. The van der Waals surface area contributed by atoms with E-state index in [-0.39, 0.29) is 0 Å². The SMILES string of the molecule is Cc1cc(CBr)ccc1Oc1ccc(Br)cc1. The Labute approximate surface area is 118 Å². The highest BCUT2D eigenvalue weighted by atomic mass is 79.9. The number of benzene rings is 2. The molecule has 0 aromatic heterocycles. The largest absolute Gasteiger partial charge is 0.457 e.